The van der Waals surface area contributed by atoms with E-state index >= 15 is 0 Å². The molecule has 0 atom stereocenters. The molecule has 0 bridgehead atoms. The number of nitriles is 1. The molecule has 20 heavy (non-hydrogen) atoms. The van der Waals surface area contributed by atoms with Gasteiger partial charge in [0.1, 0.15) is 11.8 Å². The van der Waals surface area contributed by atoms with Gasteiger partial charge in [0, 0.05) is 18.0 Å². The largest absolute Gasteiger partial charge is 0.495 e. The van der Waals surface area contributed by atoms with E-state index in [1.165, 1.54) is 4.88 Å². The third-order valence-corrected chi connectivity index (χ3v) is 4.10. The van der Waals surface area contributed by atoms with Crippen LogP contribution in [0.2, 0.25) is 0 Å². The van der Waals surface area contributed by atoms with E-state index in [9.17, 15) is 0 Å². The highest BCUT2D eigenvalue weighted by Gasteiger charge is 2.06. The number of ether oxygens (including phenoxy) is 1. The Morgan fingerprint density at radius 2 is 2.20 bits per heavy atom. The van der Waals surface area contributed by atoms with Crippen LogP contribution in [0, 0.1) is 11.3 Å². The number of likely N-dealkylation sites (N-methyl/N-ethyl adjacent to an activating group) is 1. The van der Waals surface area contributed by atoms with Crippen molar-refractivity contribution in [2.24, 2.45) is 0 Å². The van der Waals surface area contributed by atoms with Crippen LogP contribution in [-0.2, 0) is 13.0 Å². The fourth-order valence-corrected chi connectivity index (χ4v) is 2.77. The molecule has 0 fully saturated rings. The average Bonchev–Trinajstić information content (AvgIpc) is 2.98. The Kier molecular flexibility index (Phi) is 5.16. The van der Waals surface area contributed by atoms with Gasteiger partial charge in [-0.2, -0.15) is 5.26 Å². The van der Waals surface area contributed by atoms with E-state index < -0.39 is 0 Å². The van der Waals surface area contributed by atoms with Crippen molar-refractivity contribution in [2.45, 2.75) is 13.0 Å². The second kappa shape index (κ2) is 7.09. The number of benzene rings is 1. The van der Waals surface area contributed by atoms with Crippen molar-refractivity contribution in [1.82, 2.24) is 4.90 Å². The second-order valence-electron chi connectivity index (χ2n) is 4.71. The molecule has 0 spiro atoms. The van der Waals surface area contributed by atoms with Crippen LogP contribution < -0.4 is 4.74 Å². The van der Waals surface area contributed by atoms with E-state index in [-0.39, 0.29) is 0 Å². The second-order valence-corrected chi connectivity index (χ2v) is 5.75. The smallest absolute Gasteiger partial charge is 0.136 e. The molecule has 0 aliphatic rings. The maximum atomic E-state index is 8.97. The zero-order valence-electron chi connectivity index (χ0n) is 11.8. The minimum atomic E-state index is 0.581. The van der Waals surface area contributed by atoms with Crippen LogP contribution in [0.25, 0.3) is 0 Å². The number of rotatable bonds is 6. The summed E-state index contributed by atoms with van der Waals surface area (Å²) in [4.78, 5) is 3.69. The summed E-state index contributed by atoms with van der Waals surface area (Å²) in [6.45, 7) is 1.87. The predicted molar refractivity (Wildman–Crippen MR) is 82.1 cm³/mol. The minimum absolute atomic E-state index is 0.581. The van der Waals surface area contributed by atoms with Crippen molar-refractivity contribution in [2.75, 3.05) is 20.7 Å². The van der Waals surface area contributed by atoms with E-state index in [1.807, 2.05) is 18.2 Å². The normalized spacial score (nSPS) is 10.5. The molecule has 0 unspecified atom stereocenters. The van der Waals surface area contributed by atoms with Gasteiger partial charge in [0.15, 0.2) is 0 Å². The molecule has 0 aliphatic heterocycles. The number of thiophene rings is 1. The number of nitrogens with zero attached hydrogens (tertiary/aromatic N) is 2. The molecular formula is C16H18N2OS. The molecule has 0 saturated carbocycles. The summed E-state index contributed by atoms with van der Waals surface area (Å²) >= 11 is 1.80. The Morgan fingerprint density at radius 3 is 2.85 bits per heavy atom. The van der Waals surface area contributed by atoms with Gasteiger partial charge >= 0.3 is 0 Å². The third kappa shape index (κ3) is 3.83. The summed E-state index contributed by atoms with van der Waals surface area (Å²) in [6, 6.07) is 12.1. The zero-order chi connectivity index (χ0) is 14.4. The van der Waals surface area contributed by atoms with Crippen molar-refractivity contribution < 1.29 is 4.74 Å². The minimum Gasteiger partial charge on any atom is -0.495 e. The van der Waals surface area contributed by atoms with Gasteiger partial charge in [-0.15, -0.1) is 11.3 Å². The third-order valence-electron chi connectivity index (χ3n) is 3.16. The molecule has 0 amide bonds. The summed E-state index contributed by atoms with van der Waals surface area (Å²) < 4.78 is 5.24. The van der Waals surface area contributed by atoms with Gasteiger partial charge in [-0.05, 0) is 42.6 Å². The molecular weight excluding hydrogens is 268 g/mol. The fraction of sp³-hybridized carbons (Fsp3) is 0.312. The molecule has 3 nitrogen and oxygen atoms in total. The highest BCUT2D eigenvalue weighted by molar-refractivity contribution is 7.09. The van der Waals surface area contributed by atoms with Gasteiger partial charge < -0.3 is 9.64 Å². The molecule has 0 aliphatic carbocycles. The van der Waals surface area contributed by atoms with Crippen molar-refractivity contribution in [1.29, 1.82) is 5.26 Å². The van der Waals surface area contributed by atoms with Crippen molar-refractivity contribution >= 4 is 11.3 Å². The number of hydrogen-bond donors (Lipinski definition) is 0. The summed E-state index contributed by atoms with van der Waals surface area (Å²) in [5.41, 5.74) is 1.74. The Labute approximate surface area is 124 Å². The first-order valence-electron chi connectivity index (χ1n) is 6.51. The first-order valence-corrected chi connectivity index (χ1v) is 7.39. The molecule has 2 aromatic rings. The Hall–Kier alpha value is -1.83. The summed E-state index contributed by atoms with van der Waals surface area (Å²) in [5, 5.41) is 11.1. The van der Waals surface area contributed by atoms with Gasteiger partial charge in [-0.3, -0.25) is 0 Å². The van der Waals surface area contributed by atoms with E-state index in [4.69, 9.17) is 10.00 Å². The number of methoxy groups -OCH3 is 1. The maximum absolute atomic E-state index is 8.97. The van der Waals surface area contributed by atoms with Crippen molar-refractivity contribution in [3.8, 4) is 11.8 Å². The molecule has 104 valence electrons. The summed E-state index contributed by atoms with van der Waals surface area (Å²) in [6.07, 6.45) is 1.07. The lowest BCUT2D eigenvalue weighted by atomic mass is 10.1. The first kappa shape index (κ1) is 14.6. The SMILES string of the molecule is COc1cc(CN(C)CCc2cccs2)ccc1C#N. The number of hydrogen-bond acceptors (Lipinski definition) is 4. The van der Waals surface area contributed by atoms with Crippen LogP contribution in [-0.4, -0.2) is 25.6 Å². The monoisotopic (exact) mass is 286 g/mol. The van der Waals surface area contributed by atoms with Gasteiger partial charge in [0.25, 0.3) is 0 Å². The van der Waals surface area contributed by atoms with Crippen LogP contribution in [0.15, 0.2) is 35.7 Å². The van der Waals surface area contributed by atoms with Gasteiger partial charge in [0.2, 0.25) is 0 Å². The average molecular weight is 286 g/mol. The van der Waals surface area contributed by atoms with E-state index in [2.05, 4.69) is 35.5 Å². The topological polar surface area (TPSA) is 36.3 Å². The quantitative estimate of drug-likeness (QED) is 0.817. The first-order chi connectivity index (χ1) is 9.72. The van der Waals surface area contributed by atoms with Crippen molar-refractivity contribution in [3.63, 3.8) is 0 Å². The fourth-order valence-electron chi connectivity index (χ4n) is 2.07. The van der Waals surface area contributed by atoms with E-state index in [0.717, 1.165) is 25.1 Å². The Morgan fingerprint density at radius 1 is 1.35 bits per heavy atom. The molecule has 1 heterocycles. The molecule has 0 radical (unpaired) electrons. The van der Waals surface area contributed by atoms with E-state index in [0.29, 0.717) is 11.3 Å². The Bertz CT molecular complexity index is 587. The standard InChI is InChI=1S/C16H18N2OS/c1-18(8-7-15-4-3-9-20-15)12-13-5-6-14(11-17)16(10-13)19-2/h3-6,9-10H,7-8,12H2,1-2H3. The molecule has 4 heteroatoms. The van der Waals surface area contributed by atoms with Gasteiger partial charge in [0.05, 0.1) is 12.7 Å². The molecule has 1 aromatic heterocycles. The lowest BCUT2D eigenvalue weighted by molar-refractivity contribution is 0.331. The van der Waals surface area contributed by atoms with Gasteiger partial charge in [-0.1, -0.05) is 12.1 Å². The lowest BCUT2D eigenvalue weighted by Crippen LogP contribution is -2.20. The van der Waals surface area contributed by atoms with Crippen LogP contribution in [0.1, 0.15) is 16.0 Å². The maximum Gasteiger partial charge on any atom is 0.136 e. The van der Waals surface area contributed by atoms with Crippen LogP contribution in [0.4, 0.5) is 0 Å². The predicted octanol–water partition coefficient (Wildman–Crippen LogP) is 3.30. The molecule has 0 saturated heterocycles. The van der Waals surface area contributed by atoms with Crippen LogP contribution in [0.3, 0.4) is 0 Å². The Balaban J connectivity index is 1.94. The van der Waals surface area contributed by atoms with Crippen molar-refractivity contribution in [3.05, 3.63) is 51.7 Å². The summed E-state index contributed by atoms with van der Waals surface area (Å²) in [7, 11) is 3.71. The van der Waals surface area contributed by atoms with Gasteiger partial charge in [-0.25, -0.2) is 0 Å². The molecule has 2 rings (SSSR count). The highest BCUT2D eigenvalue weighted by atomic mass is 32.1. The van der Waals surface area contributed by atoms with Crippen LogP contribution >= 0.6 is 11.3 Å². The molecule has 1 aromatic carbocycles. The van der Waals surface area contributed by atoms with E-state index in [1.54, 1.807) is 18.4 Å². The van der Waals surface area contributed by atoms with Crippen LogP contribution in [0.5, 0.6) is 5.75 Å². The lowest BCUT2D eigenvalue weighted by Gasteiger charge is -2.17. The molecule has 0 N–H and O–H groups in total. The summed E-state index contributed by atoms with van der Waals surface area (Å²) in [5.74, 6) is 0.650. The highest BCUT2D eigenvalue weighted by Crippen LogP contribution is 2.20. The zero-order valence-corrected chi connectivity index (χ0v) is 12.6.